The molecule has 56 valence electrons. The lowest BCUT2D eigenvalue weighted by Crippen LogP contribution is -1.95. The van der Waals surface area contributed by atoms with E-state index in [1.54, 1.807) is 0 Å². The van der Waals surface area contributed by atoms with Crippen LogP contribution in [0.25, 0.3) is 0 Å². The minimum absolute atomic E-state index is 3.55. The van der Waals surface area contributed by atoms with Gasteiger partial charge in [0.05, 0.1) is 0 Å². The van der Waals surface area contributed by atoms with E-state index in [0.717, 1.165) is 0 Å². The molecule has 0 saturated heterocycles. The topological polar surface area (TPSA) is 113 Å². The zero-order valence-corrected chi connectivity index (χ0v) is 6.64. The van der Waals surface area contributed by atoms with Crippen LogP contribution in [0.5, 0.6) is 0 Å². The molecule has 9 heteroatoms. The monoisotopic (exact) mass is 193 g/mol. The van der Waals surface area contributed by atoms with Crippen LogP contribution in [-0.4, -0.2) is 14.7 Å². The van der Waals surface area contributed by atoms with Crippen molar-refractivity contribution >= 4 is 26.3 Å². The van der Waals surface area contributed by atoms with Crippen LogP contribution in [0.4, 0.5) is 0 Å². The molecule has 0 aromatic rings. The van der Waals surface area contributed by atoms with Gasteiger partial charge >= 0.3 is 14.5 Å². The minimum atomic E-state index is -4.34. The van der Waals surface area contributed by atoms with Gasteiger partial charge in [-0.15, -0.1) is 0 Å². The van der Waals surface area contributed by atoms with Gasteiger partial charge in [0.2, 0.25) is 0 Å². The van der Waals surface area contributed by atoms with Gasteiger partial charge in [-0.1, -0.05) is 0 Å². The molecule has 0 aliphatic carbocycles. The highest BCUT2D eigenvalue weighted by molar-refractivity contribution is 8.08. The molecule has 1 unspecified atom stereocenters. The first-order valence-corrected chi connectivity index (χ1v) is 5.86. The zero-order chi connectivity index (χ0) is 7.71. The maximum absolute atomic E-state index is 9.98. The van der Waals surface area contributed by atoms with Crippen LogP contribution in [0.15, 0.2) is 0 Å². The Balaban J connectivity index is 4.07. The smallest absolute Gasteiger partial charge is 0.324 e. The highest BCUT2D eigenvalue weighted by Gasteiger charge is 2.21. The summed E-state index contributed by atoms with van der Waals surface area (Å²) in [5.41, 5.74) is 4.35. The van der Waals surface area contributed by atoms with Crippen LogP contribution < -0.4 is 5.50 Å². The molecule has 6 nitrogen and oxygen atoms in total. The molecule has 1 atom stereocenters. The third kappa shape index (κ3) is 8.68. The molecule has 5 N–H and O–H groups in total. The van der Waals surface area contributed by atoms with Gasteiger partial charge < -0.3 is 14.7 Å². The largest absolute Gasteiger partial charge is 0.407 e. The van der Waals surface area contributed by atoms with E-state index < -0.39 is 14.5 Å². The van der Waals surface area contributed by atoms with Gasteiger partial charge in [0.25, 0.3) is 0 Å². The summed E-state index contributed by atoms with van der Waals surface area (Å²) in [6.07, 6.45) is 0. The summed E-state index contributed by atoms with van der Waals surface area (Å²) in [7, 11) is -4.34. The van der Waals surface area contributed by atoms with Gasteiger partial charge in [-0.05, 0) is 11.8 Å². The molecule has 0 amide bonds. The first-order valence-electron chi connectivity index (χ1n) is 1.59. The second-order valence-corrected chi connectivity index (χ2v) is 5.33. The van der Waals surface area contributed by atoms with Crippen LogP contribution in [-0.2, 0) is 20.7 Å². The second kappa shape index (κ2) is 2.74. The first kappa shape index (κ1) is 9.68. The van der Waals surface area contributed by atoms with Crippen molar-refractivity contribution in [2.24, 2.45) is 5.50 Å². The standard InChI is InChI=1S/H5NO5P2S/c1-7(2,3)6-8(4,5)9/h(H3,1,2,3)(H2,4,5,9). The van der Waals surface area contributed by atoms with E-state index in [1.807, 2.05) is 0 Å². The summed E-state index contributed by atoms with van der Waals surface area (Å²) in [5, 5.41) is 0. The maximum Gasteiger partial charge on any atom is 0.407 e. The van der Waals surface area contributed by atoms with Crippen LogP contribution in [0.3, 0.4) is 0 Å². The van der Waals surface area contributed by atoms with Crippen molar-refractivity contribution in [3.05, 3.63) is 0 Å². The summed E-state index contributed by atoms with van der Waals surface area (Å²) in [4.78, 5) is 24.5. The summed E-state index contributed by atoms with van der Waals surface area (Å²) in [5.74, 6) is 0. The van der Waals surface area contributed by atoms with Crippen molar-refractivity contribution in [2.75, 3.05) is 0 Å². The van der Waals surface area contributed by atoms with E-state index >= 15 is 0 Å². The van der Waals surface area contributed by atoms with Gasteiger partial charge in [0.1, 0.15) is 0 Å². The number of nitrogens with two attached hydrogens (primary N) is 1. The van der Waals surface area contributed by atoms with E-state index in [0.29, 0.717) is 0 Å². The quantitative estimate of drug-likeness (QED) is 0.427. The van der Waals surface area contributed by atoms with Gasteiger partial charge in [-0.25, -0.2) is 14.4 Å². The van der Waals surface area contributed by atoms with Crippen molar-refractivity contribution in [1.29, 1.82) is 0 Å². The zero-order valence-electron chi connectivity index (χ0n) is 4.04. The van der Waals surface area contributed by atoms with Gasteiger partial charge in [0, 0.05) is 0 Å². The molecule has 0 aliphatic rings. The number of hydrogen-bond acceptors (Lipinski definition) is 3. The molecular formula is H5NO5P2S. The lowest BCUT2D eigenvalue weighted by Gasteiger charge is -2.08. The number of hydrogen-bond donors (Lipinski definition) is 4. The Bertz CT molecular complexity index is 155. The average molecular weight is 193 g/mol. The van der Waals surface area contributed by atoms with Gasteiger partial charge in [-0.2, -0.15) is 0 Å². The van der Waals surface area contributed by atoms with Crippen molar-refractivity contribution in [1.82, 2.24) is 0 Å². The lowest BCUT2D eigenvalue weighted by atomic mass is 13.9. The Labute approximate surface area is 56.1 Å². The molecule has 0 saturated carbocycles. The molecule has 0 aromatic heterocycles. The normalized spacial score (nSPS) is 19.1. The third-order valence-electron chi connectivity index (χ3n) is 0.223. The van der Waals surface area contributed by atoms with Crippen molar-refractivity contribution in [3.8, 4) is 0 Å². The Kier molecular flexibility index (Phi) is 2.94. The fourth-order valence-electron chi connectivity index (χ4n) is 0.152. The summed E-state index contributed by atoms with van der Waals surface area (Å²) in [6.45, 7) is -4.09. The Morgan fingerprint density at radius 2 is 1.78 bits per heavy atom. The molecule has 9 heavy (non-hydrogen) atoms. The molecule has 0 radical (unpaired) electrons. The first-order chi connectivity index (χ1) is 3.71. The fraction of sp³-hybridized carbons (Fsp3) is 0. The predicted octanol–water partition coefficient (Wildman–Crippen LogP) is -0.729. The SMILES string of the molecule is NP(=O)(O)OP(O)(O)=S. The summed E-state index contributed by atoms with van der Waals surface area (Å²) >= 11 is 3.82. The second-order valence-electron chi connectivity index (χ2n) is 1.14. The fourth-order valence-corrected chi connectivity index (χ4v) is 2.23. The summed E-state index contributed by atoms with van der Waals surface area (Å²) in [6, 6.07) is 0. The molecule has 0 spiro atoms. The van der Waals surface area contributed by atoms with E-state index in [4.69, 9.17) is 14.7 Å². The Morgan fingerprint density at radius 1 is 1.44 bits per heavy atom. The van der Waals surface area contributed by atoms with Gasteiger partial charge in [-0.3, -0.25) is 0 Å². The molecule has 0 bridgehead atoms. The van der Waals surface area contributed by atoms with Crippen LogP contribution in [0.2, 0.25) is 0 Å². The molecule has 0 fully saturated rings. The molecule has 0 aromatic carbocycles. The van der Waals surface area contributed by atoms with Crippen LogP contribution in [0.1, 0.15) is 0 Å². The molecule has 0 heterocycles. The van der Waals surface area contributed by atoms with Crippen molar-refractivity contribution in [3.63, 3.8) is 0 Å². The van der Waals surface area contributed by atoms with Crippen LogP contribution >= 0.6 is 14.5 Å². The highest BCUT2D eigenvalue weighted by atomic mass is 32.5. The summed E-state index contributed by atoms with van der Waals surface area (Å²) < 4.78 is 13.5. The van der Waals surface area contributed by atoms with Crippen LogP contribution in [0, 0.1) is 0 Å². The van der Waals surface area contributed by atoms with E-state index in [-0.39, 0.29) is 0 Å². The van der Waals surface area contributed by atoms with Crippen molar-refractivity contribution in [2.45, 2.75) is 0 Å². The highest BCUT2D eigenvalue weighted by Crippen LogP contribution is 2.51. The van der Waals surface area contributed by atoms with Gasteiger partial charge in [0.15, 0.2) is 0 Å². The van der Waals surface area contributed by atoms with Crippen molar-refractivity contribution < 1.29 is 23.6 Å². The Morgan fingerprint density at radius 3 is 1.78 bits per heavy atom. The maximum atomic E-state index is 9.98. The minimum Gasteiger partial charge on any atom is -0.324 e. The third-order valence-corrected chi connectivity index (χ3v) is 2.61. The average Bonchev–Trinajstić information content (AvgIpc) is 1.14. The molecule has 0 aliphatic heterocycles. The van der Waals surface area contributed by atoms with E-state index in [1.165, 1.54) is 0 Å². The number of rotatable bonds is 2. The molecular weight excluding hydrogens is 188 g/mol. The molecule has 0 rings (SSSR count). The Hall–Kier alpha value is 0.680. The van der Waals surface area contributed by atoms with E-state index in [9.17, 15) is 4.57 Å². The van der Waals surface area contributed by atoms with E-state index in [2.05, 4.69) is 21.6 Å². The predicted molar refractivity (Wildman–Crippen MR) is 33.8 cm³/mol. The lowest BCUT2D eigenvalue weighted by molar-refractivity contribution is 0.326.